The van der Waals surface area contributed by atoms with E-state index in [4.69, 9.17) is 16.2 Å². The first kappa shape index (κ1) is 14.7. The number of anilines is 2. The largest absolute Gasteiger partial charge is 0.496 e. The second-order valence-corrected chi connectivity index (χ2v) is 5.22. The van der Waals surface area contributed by atoms with Gasteiger partial charge in [0.25, 0.3) is 0 Å². The van der Waals surface area contributed by atoms with E-state index in [9.17, 15) is 5.26 Å². The number of hydrogen-bond acceptors (Lipinski definition) is 6. The minimum Gasteiger partial charge on any atom is -0.496 e. The van der Waals surface area contributed by atoms with Gasteiger partial charge in [0.05, 0.1) is 18.2 Å². The number of nitrogens with two attached hydrogens (primary N) is 2. The first-order valence-corrected chi connectivity index (χ1v) is 6.96. The number of aryl methyl sites for hydroxylation is 1. The van der Waals surface area contributed by atoms with Gasteiger partial charge >= 0.3 is 0 Å². The maximum Gasteiger partial charge on any atom is 0.153 e. The lowest BCUT2D eigenvalue weighted by molar-refractivity contribution is 0.411. The Morgan fingerprint density at radius 2 is 1.96 bits per heavy atom. The summed E-state index contributed by atoms with van der Waals surface area (Å²) in [5.74, 6) is 1.25. The third kappa shape index (κ3) is 1.96. The van der Waals surface area contributed by atoms with Crippen molar-refractivity contribution >= 4 is 22.7 Å². The predicted molar refractivity (Wildman–Crippen MR) is 88.4 cm³/mol. The lowest BCUT2D eigenvalue weighted by atomic mass is 10.1. The second-order valence-electron chi connectivity index (χ2n) is 5.22. The molecule has 23 heavy (non-hydrogen) atoms. The molecule has 3 rings (SSSR count). The molecule has 1 aromatic carbocycles. The first-order chi connectivity index (χ1) is 11.0. The summed E-state index contributed by atoms with van der Waals surface area (Å²) in [5.41, 5.74) is 15.7. The Hall–Kier alpha value is -3.27. The Kier molecular flexibility index (Phi) is 3.30. The molecule has 2 aromatic heterocycles. The van der Waals surface area contributed by atoms with Crippen LogP contribution >= 0.6 is 0 Å². The zero-order valence-corrected chi connectivity index (χ0v) is 13.1. The minimum atomic E-state index is 0.232. The summed E-state index contributed by atoms with van der Waals surface area (Å²) in [4.78, 5) is 8.25. The van der Waals surface area contributed by atoms with Gasteiger partial charge in [0, 0.05) is 5.56 Å². The first-order valence-electron chi connectivity index (χ1n) is 6.96. The molecule has 0 aliphatic carbocycles. The highest BCUT2D eigenvalue weighted by Gasteiger charge is 2.22. The third-order valence-electron chi connectivity index (χ3n) is 3.95. The quantitative estimate of drug-likeness (QED) is 0.748. The molecule has 116 valence electrons. The fourth-order valence-corrected chi connectivity index (χ4v) is 2.87. The van der Waals surface area contributed by atoms with Gasteiger partial charge in [-0.05, 0) is 25.5 Å². The van der Waals surface area contributed by atoms with Gasteiger partial charge in [0.15, 0.2) is 5.65 Å². The molecule has 0 bridgehead atoms. The highest BCUT2D eigenvalue weighted by Crippen LogP contribution is 2.36. The summed E-state index contributed by atoms with van der Waals surface area (Å²) in [6, 6.07) is 5.93. The maximum atomic E-state index is 9.46. The molecule has 0 fully saturated rings. The van der Waals surface area contributed by atoms with E-state index in [1.807, 2.05) is 26.0 Å². The van der Waals surface area contributed by atoms with E-state index in [1.54, 1.807) is 11.7 Å². The number of rotatable bonds is 2. The molecule has 7 heteroatoms. The molecule has 0 saturated heterocycles. The SMILES string of the molecule is COc1ccc(C)c(-n2c(N)c(C#N)c3c(N)ncnc32)c1C. The monoisotopic (exact) mass is 308 g/mol. The number of aromatic nitrogens is 3. The van der Waals surface area contributed by atoms with Crippen LogP contribution in [0.1, 0.15) is 16.7 Å². The van der Waals surface area contributed by atoms with Crippen LogP contribution in [0, 0.1) is 25.2 Å². The molecule has 0 aliphatic heterocycles. The van der Waals surface area contributed by atoms with Crippen LogP contribution in [-0.2, 0) is 0 Å². The van der Waals surface area contributed by atoms with Crippen LogP contribution in [0.2, 0.25) is 0 Å². The lowest BCUT2D eigenvalue weighted by Crippen LogP contribution is -2.06. The van der Waals surface area contributed by atoms with Gasteiger partial charge in [0.2, 0.25) is 0 Å². The topological polar surface area (TPSA) is 116 Å². The highest BCUT2D eigenvalue weighted by atomic mass is 16.5. The van der Waals surface area contributed by atoms with E-state index in [0.29, 0.717) is 11.0 Å². The highest BCUT2D eigenvalue weighted by molar-refractivity contribution is 5.98. The number of benzene rings is 1. The molecule has 0 aliphatic rings. The number of hydrogen-bond donors (Lipinski definition) is 2. The summed E-state index contributed by atoms with van der Waals surface area (Å²) < 4.78 is 7.13. The third-order valence-corrected chi connectivity index (χ3v) is 3.95. The minimum absolute atomic E-state index is 0.232. The van der Waals surface area contributed by atoms with Crippen molar-refractivity contribution in [3.05, 3.63) is 35.2 Å². The van der Waals surface area contributed by atoms with Crippen molar-refractivity contribution in [2.45, 2.75) is 13.8 Å². The molecule has 4 N–H and O–H groups in total. The van der Waals surface area contributed by atoms with Crippen LogP contribution in [0.25, 0.3) is 16.7 Å². The molecule has 0 atom stereocenters. The summed E-state index contributed by atoms with van der Waals surface area (Å²) in [6.45, 7) is 3.90. The van der Waals surface area contributed by atoms with Gasteiger partial charge < -0.3 is 16.2 Å². The number of ether oxygens (including phenoxy) is 1. The van der Waals surface area contributed by atoms with Gasteiger partial charge in [-0.15, -0.1) is 0 Å². The zero-order chi connectivity index (χ0) is 16.7. The molecule has 0 saturated carbocycles. The van der Waals surface area contributed by atoms with E-state index in [2.05, 4.69) is 16.0 Å². The standard InChI is InChI=1S/C16H16N6O/c1-8-4-5-11(23-3)9(2)13(8)22-15(19)10(6-17)12-14(18)20-7-21-16(12)22/h4-5,7H,19H2,1-3H3,(H2,18,20,21). The molecule has 0 radical (unpaired) electrons. The van der Waals surface area contributed by atoms with Crippen molar-refractivity contribution in [3.8, 4) is 17.5 Å². The zero-order valence-electron chi connectivity index (χ0n) is 13.1. The van der Waals surface area contributed by atoms with Crippen LogP contribution in [0.3, 0.4) is 0 Å². The van der Waals surface area contributed by atoms with Gasteiger partial charge in [0.1, 0.15) is 35.3 Å². The van der Waals surface area contributed by atoms with Gasteiger partial charge in [-0.1, -0.05) is 6.07 Å². The van der Waals surface area contributed by atoms with Crippen molar-refractivity contribution in [2.24, 2.45) is 0 Å². The fraction of sp³-hybridized carbons (Fsp3) is 0.188. The lowest BCUT2D eigenvalue weighted by Gasteiger charge is -2.16. The predicted octanol–water partition coefficient (Wildman–Crippen LogP) is 2.08. The van der Waals surface area contributed by atoms with E-state index in [0.717, 1.165) is 22.6 Å². The number of nitriles is 1. The Bertz CT molecular complexity index is 967. The van der Waals surface area contributed by atoms with E-state index < -0.39 is 0 Å². The molecular weight excluding hydrogens is 292 g/mol. The molecule has 0 unspecified atom stereocenters. The van der Waals surface area contributed by atoms with Crippen molar-refractivity contribution in [1.82, 2.24) is 14.5 Å². The Morgan fingerprint density at radius 3 is 2.61 bits per heavy atom. The molecular formula is C16H16N6O. The van der Waals surface area contributed by atoms with E-state index >= 15 is 0 Å². The smallest absolute Gasteiger partial charge is 0.153 e. The Morgan fingerprint density at radius 1 is 1.22 bits per heavy atom. The Labute approximate surface area is 133 Å². The molecule has 0 amide bonds. The van der Waals surface area contributed by atoms with Crippen molar-refractivity contribution in [2.75, 3.05) is 18.6 Å². The van der Waals surface area contributed by atoms with Gasteiger partial charge in [-0.3, -0.25) is 4.57 Å². The van der Waals surface area contributed by atoms with E-state index in [-0.39, 0.29) is 17.2 Å². The summed E-state index contributed by atoms with van der Waals surface area (Å²) in [7, 11) is 1.61. The van der Waals surface area contributed by atoms with Crippen molar-refractivity contribution in [3.63, 3.8) is 0 Å². The summed E-state index contributed by atoms with van der Waals surface area (Å²) in [6.07, 6.45) is 1.36. The molecule has 7 nitrogen and oxygen atoms in total. The molecule has 0 spiro atoms. The van der Waals surface area contributed by atoms with Crippen LogP contribution in [-0.4, -0.2) is 21.6 Å². The Balaban J connectivity index is 2.51. The number of nitrogens with zero attached hydrogens (tertiary/aromatic N) is 4. The van der Waals surface area contributed by atoms with E-state index in [1.165, 1.54) is 6.33 Å². The van der Waals surface area contributed by atoms with Crippen LogP contribution in [0.5, 0.6) is 5.75 Å². The number of nitrogen functional groups attached to an aromatic ring is 2. The average Bonchev–Trinajstić information content (AvgIpc) is 2.81. The van der Waals surface area contributed by atoms with Crippen molar-refractivity contribution in [1.29, 1.82) is 5.26 Å². The van der Waals surface area contributed by atoms with Gasteiger partial charge in [-0.2, -0.15) is 5.26 Å². The number of methoxy groups -OCH3 is 1. The van der Waals surface area contributed by atoms with Gasteiger partial charge in [-0.25, -0.2) is 9.97 Å². The fourth-order valence-electron chi connectivity index (χ4n) is 2.87. The second kappa shape index (κ2) is 5.18. The molecule has 2 heterocycles. The maximum absolute atomic E-state index is 9.46. The number of fused-ring (bicyclic) bond motifs is 1. The van der Waals surface area contributed by atoms with Crippen LogP contribution in [0.4, 0.5) is 11.6 Å². The van der Waals surface area contributed by atoms with Crippen LogP contribution in [0.15, 0.2) is 18.5 Å². The summed E-state index contributed by atoms with van der Waals surface area (Å²) >= 11 is 0. The molecule has 3 aromatic rings. The summed E-state index contributed by atoms with van der Waals surface area (Å²) in [5, 5.41) is 9.93. The van der Waals surface area contributed by atoms with Crippen molar-refractivity contribution < 1.29 is 4.74 Å². The average molecular weight is 308 g/mol. The normalized spacial score (nSPS) is 10.7. The van der Waals surface area contributed by atoms with Crippen LogP contribution < -0.4 is 16.2 Å².